The highest BCUT2D eigenvalue weighted by atomic mass is 16.5. The standard InChI is InChI=1S/C21H33N3O4/c1-3-23(4-2)13-14-28-19-8-6-5-7-18(19)15-22-20(26)21(27)24-11-9-17(16-25)10-12-24/h5-8,17,25H,3-4,9-16H2,1-2H3,(H,22,26). The number of carbonyl (C=O) groups is 2. The van der Waals surface area contributed by atoms with Gasteiger partial charge in [-0.15, -0.1) is 0 Å². The summed E-state index contributed by atoms with van der Waals surface area (Å²) >= 11 is 0. The van der Waals surface area contributed by atoms with Crippen molar-refractivity contribution >= 4 is 11.8 Å². The van der Waals surface area contributed by atoms with E-state index in [1.165, 1.54) is 0 Å². The average molecular weight is 392 g/mol. The SMILES string of the molecule is CCN(CC)CCOc1ccccc1CNC(=O)C(=O)N1CCC(CO)CC1. The molecule has 1 aromatic carbocycles. The Bertz CT molecular complexity index is 626. The summed E-state index contributed by atoms with van der Waals surface area (Å²) in [6.45, 7) is 9.04. The summed E-state index contributed by atoms with van der Waals surface area (Å²) in [5, 5.41) is 11.9. The summed E-state index contributed by atoms with van der Waals surface area (Å²) < 4.78 is 5.89. The molecule has 7 heteroatoms. The number of benzene rings is 1. The molecule has 2 N–H and O–H groups in total. The van der Waals surface area contributed by atoms with E-state index < -0.39 is 11.8 Å². The first-order chi connectivity index (χ1) is 13.6. The molecule has 2 rings (SSSR count). The highest BCUT2D eigenvalue weighted by Crippen LogP contribution is 2.18. The molecule has 0 saturated carbocycles. The lowest BCUT2D eigenvalue weighted by Gasteiger charge is -2.30. The van der Waals surface area contributed by atoms with Gasteiger partial charge in [-0.05, 0) is 37.9 Å². The highest BCUT2D eigenvalue weighted by molar-refractivity contribution is 6.34. The first-order valence-electron chi connectivity index (χ1n) is 10.2. The van der Waals surface area contributed by atoms with Crippen LogP contribution >= 0.6 is 0 Å². The van der Waals surface area contributed by atoms with Crippen LogP contribution in [-0.2, 0) is 16.1 Å². The van der Waals surface area contributed by atoms with Gasteiger partial charge < -0.3 is 25.0 Å². The van der Waals surface area contributed by atoms with Gasteiger partial charge >= 0.3 is 11.8 Å². The smallest absolute Gasteiger partial charge is 0.311 e. The zero-order valence-corrected chi connectivity index (χ0v) is 17.0. The second-order valence-electron chi connectivity index (χ2n) is 7.08. The van der Waals surface area contributed by atoms with Crippen molar-refractivity contribution in [1.29, 1.82) is 0 Å². The molecule has 1 fully saturated rings. The minimum absolute atomic E-state index is 0.138. The van der Waals surface area contributed by atoms with Gasteiger partial charge in [-0.3, -0.25) is 9.59 Å². The van der Waals surface area contributed by atoms with E-state index in [0.717, 1.165) is 43.8 Å². The molecular weight excluding hydrogens is 358 g/mol. The number of likely N-dealkylation sites (N-methyl/N-ethyl adjacent to an activating group) is 1. The molecule has 1 saturated heterocycles. The van der Waals surface area contributed by atoms with E-state index in [1.54, 1.807) is 4.90 Å². The summed E-state index contributed by atoms with van der Waals surface area (Å²) in [7, 11) is 0. The number of aliphatic hydroxyl groups excluding tert-OH is 1. The molecule has 1 heterocycles. The third-order valence-electron chi connectivity index (χ3n) is 5.33. The third-order valence-corrected chi connectivity index (χ3v) is 5.33. The fourth-order valence-electron chi connectivity index (χ4n) is 3.33. The second kappa shape index (κ2) is 11.7. The van der Waals surface area contributed by atoms with E-state index in [0.29, 0.717) is 19.7 Å². The van der Waals surface area contributed by atoms with Gasteiger partial charge in [0.1, 0.15) is 12.4 Å². The molecule has 1 aliphatic heterocycles. The summed E-state index contributed by atoms with van der Waals surface area (Å²) in [5.74, 6) is -0.143. The maximum atomic E-state index is 12.3. The van der Waals surface area contributed by atoms with Crippen LogP contribution in [0.4, 0.5) is 0 Å². The number of ether oxygens (including phenoxy) is 1. The number of aliphatic hydroxyl groups is 1. The van der Waals surface area contributed by atoms with E-state index in [1.807, 2.05) is 24.3 Å². The molecule has 156 valence electrons. The minimum Gasteiger partial charge on any atom is -0.492 e. The Morgan fingerprint density at radius 2 is 1.89 bits per heavy atom. The van der Waals surface area contributed by atoms with Gasteiger partial charge in [-0.25, -0.2) is 0 Å². The van der Waals surface area contributed by atoms with Crippen LogP contribution in [0.1, 0.15) is 32.3 Å². The van der Waals surface area contributed by atoms with Crippen molar-refractivity contribution in [1.82, 2.24) is 15.1 Å². The van der Waals surface area contributed by atoms with E-state index in [9.17, 15) is 14.7 Å². The number of nitrogens with one attached hydrogen (secondary N) is 1. The van der Waals surface area contributed by atoms with E-state index in [2.05, 4.69) is 24.1 Å². The van der Waals surface area contributed by atoms with Crippen molar-refractivity contribution in [2.75, 3.05) is 45.9 Å². The van der Waals surface area contributed by atoms with Crippen LogP contribution < -0.4 is 10.1 Å². The van der Waals surface area contributed by atoms with Crippen LogP contribution in [0.3, 0.4) is 0 Å². The molecular formula is C21H33N3O4. The monoisotopic (exact) mass is 391 g/mol. The molecule has 0 aliphatic carbocycles. The van der Waals surface area contributed by atoms with Gasteiger partial charge in [0.25, 0.3) is 0 Å². The predicted molar refractivity (Wildman–Crippen MR) is 108 cm³/mol. The number of para-hydroxylation sites is 1. The molecule has 0 radical (unpaired) electrons. The van der Waals surface area contributed by atoms with Gasteiger partial charge in [-0.2, -0.15) is 0 Å². The fraction of sp³-hybridized carbons (Fsp3) is 0.619. The number of nitrogens with zero attached hydrogens (tertiary/aromatic N) is 2. The Balaban J connectivity index is 1.83. The van der Waals surface area contributed by atoms with Crippen LogP contribution in [0.5, 0.6) is 5.75 Å². The van der Waals surface area contributed by atoms with Crippen LogP contribution in [0.2, 0.25) is 0 Å². The molecule has 0 unspecified atom stereocenters. The Kier molecular flexibility index (Phi) is 9.23. The number of rotatable bonds is 9. The molecule has 0 spiro atoms. The molecule has 7 nitrogen and oxygen atoms in total. The zero-order chi connectivity index (χ0) is 20.4. The molecule has 0 bridgehead atoms. The normalized spacial score (nSPS) is 14.9. The van der Waals surface area contributed by atoms with Gasteiger partial charge in [-0.1, -0.05) is 32.0 Å². The lowest BCUT2D eigenvalue weighted by molar-refractivity contribution is -0.147. The highest BCUT2D eigenvalue weighted by Gasteiger charge is 2.26. The number of piperidine rings is 1. The van der Waals surface area contributed by atoms with E-state index in [4.69, 9.17) is 4.74 Å². The zero-order valence-electron chi connectivity index (χ0n) is 17.0. The first-order valence-corrected chi connectivity index (χ1v) is 10.2. The van der Waals surface area contributed by atoms with Crippen LogP contribution in [0, 0.1) is 5.92 Å². The second-order valence-corrected chi connectivity index (χ2v) is 7.08. The Hall–Kier alpha value is -2.12. The van der Waals surface area contributed by atoms with E-state index >= 15 is 0 Å². The van der Waals surface area contributed by atoms with Crippen LogP contribution in [0.25, 0.3) is 0 Å². The van der Waals surface area contributed by atoms with Gasteiger partial charge in [0.15, 0.2) is 0 Å². The van der Waals surface area contributed by atoms with Crippen molar-refractivity contribution in [2.24, 2.45) is 5.92 Å². The maximum absolute atomic E-state index is 12.3. The van der Waals surface area contributed by atoms with Crippen LogP contribution in [0.15, 0.2) is 24.3 Å². The quantitative estimate of drug-likeness (QED) is 0.619. The number of hydrogen-bond donors (Lipinski definition) is 2. The van der Waals surface area contributed by atoms with Crippen molar-refractivity contribution in [3.63, 3.8) is 0 Å². The molecule has 1 aromatic rings. The van der Waals surface area contributed by atoms with Gasteiger partial charge in [0, 0.05) is 38.3 Å². The van der Waals surface area contributed by atoms with E-state index in [-0.39, 0.29) is 19.1 Å². The van der Waals surface area contributed by atoms with Crippen molar-refractivity contribution in [3.8, 4) is 5.75 Å². The van der Waals surface area contributed by atoms with Gasteiger partial charge in [0.2, 0.25) is 0 Å². The van der Waals surface area contributed by atoms with Crippen molar-refractivity contribution in [3.05, 3.63) is 29.8 Å². The first kappa shape index (κ1) is 22.2. The number of carbonyl (C=O) groups excluding carboxylic acids is 2. The molecule has 2 amide bonds. The van der Waals surface area contributed by atoms with Gasteiger partial charge in [0.05, 0.1) is 0 Å². The molecule has 28 heavy (non-hydrogen) atoms. The Labute approximate surface area is 167 Å². The molecule has 0 aromatic heterocycles. The predicted octanol–water partition coefficient (Wildman–Crippen LogP) is 1.25. The number of hydrogen-bond acceptors (Lipinski definition) is 5. The summed E-state index contributed by atoms with van der Waals surface area (Å²) in [5.41, 5.74) is 0.849. The largest absolute Gasteiger partial charge is 0.492 e. The summed E-state index contributed by atoms with van der Waals surface area (Å²) in [6, 6.07) is 7.56. The summed E-state index contributed by atoms with van der Waals surface area (Å²) in [6.07, 6.45) is 1.47. The Morgan fingerprint density at radius 1 is 1.21 bits per heavy atom. The van der Waals surface area contributed by atoms with Crippen molar-refractivity contribution < 1.29 is 19.4 Å². The number of amides is 2. The third kappa shape index (κ3) is 6.49. The average Bonchev–Trinajstić information content (AvgIpc) is 2.75. The lowest BCUT2D eigenvalue weighted by atomic mass is 9.98. The van der Waals surface area contributed by atoms with Crippen LogP contribution in [-0.4, -0.2) is 72.7 Å². The molecule has 0 atom stereocenters. The van der Waals surface area contributed by atoms with Crippen molar-refractivity contribution in [2.45, 2.75) is 33.2 Å². The fourth-order valence-corrected chi connectivity index (χ4v) is 3.33. The maximum Gasteiger partial charge on any atom is 0.311 e. The number of likely N-dealkylation sites (tertiary alicyclic amines) is 1. The lowest BCUT2D eigenvalue weighted by Crippen LogP contribution is -2.46. The molecule has 1 aliphatic rings. The Morgan fingerprint density at radius 3 is 2.54 bits per heavy atom. The minimum atomic E-state index is -0.597. The summed E-state index contributed by atoms with van der Waals surface area (Å²) in [4.78, 5) is 28.4. The topological polar surface area (TPSA) is 82.1 Å².